The van der Waals surface area contributed by atoms with Gasteiger partial charge in [-0.3, -0.25) is 0 Å². The number of benzene rings is 2. The number of hydrogen-bond donors (Lipinski definition) is 4. The fraction of sp³-hybridized carbons (Fsp3) is 0.278. The molecule has 0 saturated carbocycles. The van der Waals surface area contributed by atoms with Crippen LogP contribution in [0.3, 0.4) is 0 Å². The molecule has 0 aliphatic rings. The van der Waals surface area contributed by atoms with Crippen LogP contribution in [0.15, 0.2) is 48.5 Å². The molecule has 152 valence electrons. The normalized spacial score (nSPS) is 13.5. The summed E-state index contributed by atoms with van der Waals surface area (Å²) in [5.74, 6) is -0.557. The minimum atomic E-state index is -4.88. The summed E-state index contributed by atoms with van der Waals surface area (Å²) in [6.07, 6.45) is -8.71. The molecule has 2 aromatic carbocycles. The summed E-state index contributed by atoms with van der Waals surface area (Å²) in [4.78, 5) is 11.7. The molecule has 0 spiro atoms. The van der Waals surface area contributed by atoms with Crippen LogP contribution >= 0.6 is 0 Å². The zero-order valence-corrected chi connectivity index (χ0v) is 14.5. The summed E-state index contributed by atoms with van der Waals surface area (Å²) < 4.78 is 45.3. The van der Waals surface area contributed by atoms with Crippen molar-refractivity contribution in [3.05, 3.63) is 59.7 Å². The van der Waals surface area contributed by atoms with Crippen LogP contribution < -0.4 is 15.8 Å². The number of amides is 1. The molecule has 0 radical (unpaired) electrons. The third kappa shape index (κ3) is 6.63. The summed E-state index contributed by atoms with van der Waals surface area (Å²) >= 11 is 0. The summed E-state index contributed by atoms with van der Waals surface area (Å²) in [6, 6.07) is 11.8. The van der Waals surface area contributed by atoms with E-state index in [0.717, 1.165) is 23.8 Å². The number of ether oxygens (including phenoxy) is 2. The standard InChI is InChI=1S/C18H19F3N2O5/c19-18(20,21)28-12-6-7-13(14(22)8-12)16(25)15(24)9-23-17(26)27-10-11-4-2-1-3-5-11/h1-8,15-16,24-25H,9-10,22H2,(H,23,26). The minimum Gasteiger partial charge on any atom is -0.445 e. The van der Waals surface area contributed by atoms with Crippen molar-refractivity contribution in [3.63, 3.8) is 0 Å². The van der Waals surface area contributed by atoms with Gasteiger partial charge in [0.1, 0.15) is 24.6 Å². The summed E-state index contributed by atoms with van der Waals surface area (Å²) in [5.41, 5.74) is 6.17. The van der Waals surface area contributed by atoms with Crippen molar-refractivity contribution in [2.75, 3.05) is 12.3 Å². The Morgan fingerprint density at radius 1 is 1.14 bits per heavy atom. The smallest absolute Gasteiger partial charge is 0.445 e. The first-order valence-corrected chi connectivity index (χ1v) is 8.11. The third-order valence-corrected chi connectivity index (χ3v) is 3.64. The molecule has 5 N–H and O–H groups in total. The number of carbonyl (C=O) groups excluding carboxylic acids is 1. The van der Waals surface area contributed by atoms with Crippen molar-refractivity contribution in [2.24, 2.45) is 0 Å². The average Bonchev–Trinajstić information content (AvgIpc) is 2.63. The number of anilines is 1. The average molecular weight is 400 g/mol. The van der Waals surface area contributed by atoms with Crippen LogP contribution in [0.5, 0.6) is 5.75 Å². The molecule has 0 fully saturated rings. The van der Waals surface area contributed by atoms with E-state index < -0.39 is 30.4 Å². The van der Waals surface area contributed by atoms with E-state index in [2.05, 4.69) is 10.1 Å². The first-order chi connectivity index (χ1) is 13.2. The predicted molar refractivity (Wildman–Crippen MR) is 93.1 cm³/mol. The van der Waals surface area contributed by atoms with Crippen molar-refractivity contribution in [2.45, 2.75) is 25.2 Å². The summed E-state index contributed by atoms with van der Waals surface area (Å²) in [6.45, 7) is -0.339. The zero-order valence-electron chi connectivity index (χ0n) is 14.5. The van der Waals surface area contributed by atoms with Gasteiger partial charge in [-0.05, 0) is 11.6 Å². The van der Waals surface area contributed by atoms with Gasteiger partial charge >= 0.3 is 12.5 Å². The molecule has 2 rings (SSSR count). The molecular weight excluding hydrogens is 381 g/mol. The van der Waals surface area contributed by atoms with Gasteiger partial charge in [-0.1, -0.05) is 36.4 Å². The number of halogens is 3. The van der Waals surface area contributed by atoms with Crippen molar-refractivity contribution < 1.29 is 37.7 Å². The Bertz CT molecular complexity index is 787. The second kappa shape index (κ2) is 9.29. The highest BCUT2D eigenvalue weighted by Gasteiger charge is 2.31. The first kappa shape index (κ1) is 21.3. The lowest BCUT2D eigenvalue weighted by Crippen LogP contribution is -2.36. The number of nitrogens with one attached hydrogen (secondary N) is 1. The van der Waals surface area contributed by atoms with E-state index in [4.69, 9.17) is 10.5 Å². The van der Waals surface area contributed by atoms with Gasteiger partial charge in [-0.15, -0.1) is 13.2 Å². The molecule has 0 heterocycles. The number of nitrogen functional groups attached to an aromatic ring is 1. The fourth-order valence-electron chi connectivity index (χ4n) is 2.30. The van der Waals surface area contributed by atoms with Crippen molar-refractivity contribution in [1.29, 1.82) is 0 Å². The molecule has 2 atom stereocenters. The Labute approximate surface area is 158 Å². The van der Waals surface area contributed by atoms with Crippen molar-refractivity contribution in [1.82, 2.24) is 5.32 Å². The quantitative estimate of drug-likeness (QED) is 0.531. The van der Waals surface area contributed by atoms with Gasteiger partial charge in [-0.25, -0.2) is 4.79 Å². The monoisotopic (exact) mass is 400 g/mol. The Morgan fingerprint density at radius 2 is 1.82 bits per heavy atom. The van der Waals surface area contributed by atoms with Gasteiger partial charge in [0, 0.05) is 23.9 Å². The first-order valence-electron chi connectivity index (χ1n) is 8.11. The molecule has 0 aromatic heterocycles. The highest BCUT2D eigenvalue weighted by molar-refractivity contribution is 5.67. The van der Waals surface area contributed by atoms with Crippen LogP contribution in [-0.2, 0) is 11.3 Å². The van der Waals surface area contributed by atoms with E-state index in [1.165, 1.54) is 0 Å². The van der Waals surface area contributed by atoms with Crippen LogP contribution in [0, 0.1) is 0 Å². The maximum Gasteiger partial charge on any atom is 0.573 e. The van der Waals surface area contributed by atoms with Crippen molar-refractivity contribution >= 4 is 11.8 Å². The van der Waals surface area contributed by atoms with Crippen LogP contribution in [-0.4, -0.2) is 35.3 Å². The number of rotatable bonds is 7. The molecule has 2 unspecified atom stereocenters. The summed E-state index contributed by atoms with van der Waals surface area (Å²) in [7, 11) is 0. The topological polar surface area (TPSA) is 114 Å². The highest BCUT2D eigenvalue weighted by atomic mass is 19.4. The lowest BCUT2D eigenvalue weighted by molar-refractivity contribution is -0.274. The zero-order chi connectivity index (χ0) is 20.7. The Balaban J connectivity index is 1.86. The Morgan fingerprint density at radius 3 is 2.43 bits per heavy atom. The third-order valence-electron chi connectivity index (χ3n) is 3.64. The van der Waals surface area contributed by atoms with Gasteiger partial charge in [0.05, 0.1) is 0 Å². The largest absolute Gasteiger partial charge is 0.573 e. The van der Waals surface area contributed by atoms with E-state index in [0.29, 0.717) is 0 Å². The Hall–Kier alpha value is -2.98. The van der Waals surface area contributed by atoms with Gasteiger partial charge in [0.25, 0.3) is 0 Å². The van der Waals surface area contributed by atoms with E-state index in [9.17, 15) is 28.2 Å². The second-order valence-electron chi connectivity index (χ2n) is 5.79. The number of aliphatic hydroxyl groups is 2. The molecule has 7 nitrogen and oxygen atoms in total. The highest BCUT2D eigenvalue weighted by Crippen LogP contribution is 2.30. The van der Waals surface area contributed by atoms with Crippen molar-refractivity contribution in [3.8, 4) is 5.75 Å². The number of carbonyl (C=O) groups is 1. The van der Waals surface area contributed by atoms with E-state index >= 15 is 0 Å². The Kier molecular flexibility index (Phi) is 7.07. The van der Waals surface area contributed by atoms with Gasteiger partial charge < -0.3 is 30.7 Å². The number of aliphatic hydroxyl groups excluding tert-OH is 2. The van der Waals surface area contributed by atoms with Crippen LogP contribution in [0.4, 0.5) is 23.7 Å². The van der Waals surface area contributed by atoms with Gasteiger partial charge in [0.2, 0.25) is 0 Å². The molecule has 0 aliphatic carbocycles. The maximum absolute atomic E-state index is 12.2. The van der Waals surface area contributed by atoms with E-state index in [1.54, 1.807) is 24.3 Å². The van der Waals surface area contributed by atoms with Gasteiger partial charge in [0.15, 0.2) is 0 Å². The van der Waals surface area contributed by atoms with E-state index in [-0.39, 0.29) is 24.4 Å². The second-order valence-corrected chi connectivity index (χ2v) is 5.79. The van der Waals surface area contributed by atoms with Crippen LogP contribution in [0.25, 0.3) is 0 Å². The molecule has 10 heteroatoms. The molecule has 1 amide bonds. The molecule has 28 heavy (non-hydrogen) atoms. The minimum absolute atomic E-state index is 0.0125. The van der Waals surface area contributed by atoms with E-state index in [1.807, 2.05) is 6.07 Å². The fourth-order valence-corrected chi connectivity index (χ4v) is 2.30. The maximum atomic E-state index is 12.2. The summed E-state index contributed by atoms with van der Waals surface area (Å²) in [5, 5.41) is 22.4. The number of nitrogens with two attached hydrogens (primary N) is 1. The predicted octanol–water partition coefficient (Wildman–Crippen LogP) is 2.49. The molecule has 0 aliphatic heterocycles. The molecular formula is C18H19F3N2O5. The lowest BCUT2D eigenvalue weighted by Gasteiger charge is -2.20. The number of alkyl halides is 3. The number of hydrogen-bond acceptors (Lipinski definition) is 6. The SMILES string of the molecule is Nc1cc(OC(F)(F)F)ccc1C(O)C(O)CNC(=O)OCc1ccccc1. The van der Waals surface area contributed by atoms with Gasteiger partial charge in [-0.2, -0.15) is 0 Å². The van der Waals surface area contributed by atoms with Crippen LogP contribution in [0.2, 0.25) is 0 Å². The molecule has 0 bridgehead atoms. The van der Waals surface area contributed by atoms with Crippen LogP contribution in [0.1, 0.15) is 17.2 Å². The molecule has 0 saturated heterocycles. The lowest BCUT2D eigenvalue weighted by atomic mass is 10.0. The number of alkyl carbamates (subject to hydrolysis) is 1. The molecule has 2 aromatic rings.